The topological polar surface area (TPSA) is 128 Å². The molecular formula is C34H46N2O7S. The Kier molecular flexibility index (Phi) is 13.5. The fraction of sp³-hybridized carbons (Fsp3) is 0.441. The Morgan fingerprint density at radius 2 is 1.43 bits per heavy atom. The quantitative estimate of drug-likeness (QED) is 0.214. The molecule has 0 saturated heterocycles. The van der Waals surface area contributed by atoms with Crippen molar-refractivity contribution in [1.29, 1.82) is 0 Å². The summed E-state index contributed by atoms with van der Waals surface area (Å²) in [4.78, 5) is 15.7. The summed E-state index contributed by atoms with van der Waals surface area (Å²) in [6, 6.07) is 23.0. The number of carbonyl (C=O) groups is 1. The van der Waals surface area contributed by atoms with Crippen LogP contribution in [0.4, 0.5) is 0 Å². The van der Waals surface area contributed by atoms with Crippen LogP contribution in [0, 0.1) is 5.92 Å². The highest BCUT2D eigenvalue weighted by molar-refractivity contribution is 7.91. The molecule has 44 heavy (non-hydrogen) atoms. The van der Waals surface area contributed by atoms with E-state index in [1.165, 1.54) is 12.0 Å². The van der Waals surface area contributed by atoms with Crippen molar-refractivity contribution in [3.05, 3.63) is 90.0 Å². The van der Waals surface area contributed by atoms with Crippen LogP contribution < -0.4 is 19.9 Å². The van der Waals surface area contributed by atoms with E-state index >= 15 is 0 Å². The van der Waals surface area contributed by atoms with Crippen molar-refractivity contribution in [3.8, 4) is 17.2 Å². The number of aliphatic hydroxyl groups excluding tert-OH is 1. The van der Waals surface area contributed by atoms with E-state index in [9.17, 15) is 18.3 Å². The number of carbonyl (C=O) groups excluding carboxylic acids is 1. The number of hydrogen-bond donors (Lipinski definition) is 2. The van der Waals surface area contributed by atoms with E-state index in [1.54, 1.807) is 37.4 Å². The Morgan fingerprint density at radius 3 is 2.09 bits per heavy atom. The number of rotatable bonds is 18. The first-order valence-corrected chi connectivity index (χ1v) is 16.7. The van der Waals surface area contributed by atoms with Gasteiger partial charge in [0.1, 0.15) is 27.1 Å². The van der Waals surface area contributed by atoms with Gasteiger partial charge in [-0.25, -0.2) is 8.42 Å². The van der Waals surface area contributed by atoms with E-state index in [-0.39, 0.29) is 36.9 Å². The third-order valence-corrected chi connectivity index (χ3v) is 9.04. The number of amides is 1. The van der Waals surface area contributed by atoms with Gasteiger partial charge in [0.05, 0.1) is 31.8 Å². The zero-order chi connectivity index (χ0) is 32.1. The van der Waals surface area contributed by atoms with Crippen LogP contribution in [0.5, 0.6) is 17.2 Å². The first-order chi connectivity index (χ1) is 21.0. The van der Waals surface area contributed by atoms with Gasteiger partial charge >= 0.3 is 0 Å². The van der Waals surface area contributed by atoms with E-state index in [0.29, 0.717) is 30.1 Å². The number of nitrogens with two attached hydrogens (primary N) is 1. The third kappa shape index (κ3) is 11.5. The lowest BCUT2D eigenvalue weighted by molar-refractivity contribution is -0.141. The van der Waals surface area contributed by atoms with Gasteiger partial charge in [0, 0.05) is 31.6 Å². The fourth-order valence-corrected chi connectivity index (χ4v) is 6.29. The first kappa shape index (κ1) is 34.9. The maximum Gasteiger partial charge on any atom is 0.264 e. The maximum atomic E-state index is 14.3. The molecule has 0 aliphatic heterocycles. The second-order valence-corrected chi connectivity index (χ2v) is 13.7. The molecule has 3 aromatic rings. The summed E-state index contributed by atoms with van der Waals surface area (Å²) >= 11 is 0. The van der Waals surface area contributed by atoms with Gasteiger partial charge in [0.2, 0.25) is 0 Å². The fourth-order valence-electron chi connectivity index (χ4n) is 4.69. The number of nitrogens with zero attached hydrogens (tertiary/aromatic N) is 1. The molecule has 0 heterocycles. The second-order valence-electron chi connectivity index (χ2n) is 11.4. The van der Waals surface area contributed by atoms with Crippen LogP contribution >= 0.6 is 0 Å². The highest BCUT2D eigenvalue weighted by Crippen LogP contribution is 2.23. The van der Waals surface area contributed by atoms with Gasteiger partial charge in [-0.1, -0.05) is 62.4 Å². The summed E-state index contributed by atoms with van der Waals surface area (Å²) in [5.41, 5.74) is 8.15. The number of aliphatic hydroxyl groups is 1. The number of hydrogen-bond acceptors (Lipinski definition) is 8. The summed E-state index contributed by atoms with van der Waals surface area (Å²) in [6.07, 6.45) is -1.31. The third-order valence-electron chi connectivity index (χ3n) is 7.33. The monoisotopic (exact) mass is 626 g/mol. The van der Waals surface area contributed by atoms with Gasteiger partial charge in [-0.2, -0.15) is 0 Å². The molecule has 0 saturated carbocycles. The van der Waals surface area contributed by atoms with Gasteiger partial charge in [-0.05, 0) is 54.2 Å². The number of methoxy groups -OCH3 is 2. The lowest BCUT2D eigenvalue weighted by Gasteiger charge is -2.31. The Bertz CT molecular complexity index is 1420. The predicted octanol–water partition coefficient (Wildman–Crippen LogP) is 4.26. The Morgan fingerprint density at radius 1 is 0.841 bits per heavy atom. The minimum Gasteiger partial charge on any atom is -0.497 e. The van der Waals surface area contributed by atoms with E-state index in [1.807, 2.05) is 62.4 Å². The van der Waals surface area contributed by atoms with E-state index < -0.39 is 34.0 Å². The Hall–Kier alpha value is -3.60. The van der Waals surface area contributed by atoms with Crippen molar-refractivity contribution in [1.82, 2.24) is 4.90 Å². The molecule has 0 spiro atoms. The average molecular weight is 627 g/mol. The lowest BCUT2D eigenvalue weighted by atomic mass is 10.0. The molecular weight excluding hydrogens is 580 g/mol. The molecule has 0 fully saturated rings. The van der Waals surface area contributed by atoms with Crippen molar-refractivity contribution in [2.75, 3.05) is 32.3 Å². The summed E-state index contributed by atoms with van der Waals surface area (Å²) in [7, 11) is -0.348. The maximum absolute atomic E-state index is 14.3. The van der Waals surface area contributed by atoms with Crippen molar-refractivity contribution in [2.24, 2.45) is 11.7 Å². The van der Waals surface area contributed by atoms with Crippen molar-refractivity contribution < 1.29 is 32.5 Å². The highest BCUT2D eigenvalue weighted by Gasteiger charge is 2.31. The second kappa shape index (κ2) is 17.0. The molecule has 3 atom stereocenters. The molecule has 0 bridgehead atoms. The van der Waals surface area contributed by atoms with Crippen LogP contribution in [-0.2, 0) is 27.6 Å². The smallest absolute Gasteiger partial charge is 0.264 e. The van der Waals surface area contributed by atoms with Crippen LogP contribution in [0.1, 0.15) is 37.8 Å². The van der Waals surface area contributed by atoms with Gasteiger partial charge in [0.25, 0.3) is 5.91 Å². The molecule has 9 nitrogen and oxygen atoms in total. The molecule has 10 heteroatoms. The molecule has 0 radical (unpaired) electrons. The molecule has 3 rings (SSSR count). The largest absolute Gasteiger partial charge is 0.497 e. The Labute approximate surface area is 261 Å². The van der Waals surface area contributed by atoms with Crippen LogP contribution in [0.25, 0.3) is 0 Å². The molecule has 0 aromatic heterocycles. The number of ether oxygens (including phenoxy) is 3. The van der Waals surface area contributed by atoms with Crippen LogP contribution in [0.3, 0.4) is 0 Å². The molecule has 3 N–H and O–H groups in total. The minimum atomic E-state index is -3.44. The van der Waals surface area contributed by atoms with Crippen LogP contribution in [0.15, 0.2) is 78.9 Å². The van der Waals surface area contributed by atoms with E-state index in [0.717, 1.165) is 11.1 Å². The van der Waals surface area contributed by atoms with Crippen LogP contribution in [-0.4, -0.2) is 74.9 Å². The van der Waals surface area contributed by atoms with Crippen LogP contribution in [0.2, 0.25) is 0 Å². The summed E-state index contributed by atoms with van der Waals surface area (Å²) in [5.74, 6) is 1.11. The summed E-state index contributed by atoms with van der Waals surface area (Å²) in [5, 5.41) is 11.2. The van der Waals surface area contributed by atoms with Gasteiger partial charge in [0.15, 0.2) is 6.10 Å². The number of sulfone groups is 1. The van der Waals surface area contributed by atoms with Crippen molar-refractivity contribution in [2.45, 2.75) is 57.9 Å². The summed E-state index contributed by atoms with van der Waals surface area (Å²) < 4.78 is 42.7. The molecule has 3 aromatic carbocycles. The minimum absolute atomic E-state index is 0.0331. The molecule has 1 amide bonds. The van der Waals surface area contributed by atoms with E-state index in [4.69, 9.17) is 19.9 Å². The standard InChI is InChI=1S/C34H46N2O7S/c1-25(2)16-18-44(39,40)19-17-33(43-30-15-9-14-29(22-30)42-4)34(38)36(23-27-12-8-13-28(20-27)41-3)24-32(37)31(35)21-26-10-6-5-7-11-26/h5-15,20,22,25,31-33,37H,16-19,21,23-24,35H2,1-4H3. The molecule has 0 aliphatic carbocycles. The van der Waals surface area contributed by atoms with Gasteiger partial charge in [-0.3, -0.25) is 4.79 Å². The zero-order valence-electron chi connectivity index (χ0n) is 26.1. The molecule has 3 unspecified atom stereocenters. The van der Waals surface area contributed by atoms with Gasteiger partial charge < -0.3 is 30.0 Å². The van der Waals surface area contributed by atoms with Gasteiger partial charge in [-0.15, -0.1) is 0 Å². The normalized spacial score (nSPS) is 13.6. The Balaban J connectivity index is 1.90. The van der Waals surface area contributed by atoms with Crippen molar-refractivity contribution in [3.63, 3.8) is 0 Å². The lowest BCUT2D eigenvalue weighted by Crippen LogP contribution is -2.50. The predicted molar refractivity (Wildman–Crippen MR) is 173 cm³/mol. The summed E-state index contributed by atoms with van der Waals surface area (Å²) in [6.45, 7) is 3.99. The van der Waals surface area contributed by atoms with Crippen molar-refractivity contribution >= 4 is 15.7 Å². The number of benzene rings is 3. The molecule has 240 valence electrons. The zero-order valence-corrected chi connectivity index (χ0v) is 26.9. The SMILES string of the molecule is COc1cccc(CN(CC(O)C(N)Cc2ccccc2)C(=O)C(CCS(=O)(=O)CCC(C)C)Oc2cccc(OC)c2)c1. The first-order valence-electron chi connectivity index (χ1n) is 14.9. The van der Waals surface area contributed by atoms with E-state index in [2.05, 4.69) is 0 Å². The average Bonchev–Trinajstić information content (AvgIpc) is 3.02. The highest BCUT2D eigenvalue weighted by atomic mass is 32.2. The molecule has 0 aliphatic rings.